The SMILES string of the molecule is Cn1nccc1C(=O)NC1CCCCC1Cl. The normalized spacial score (nSPS) is 25.4. The molecule has 1 aliphatic carbocycles. The number of carbonyl (C=O) groups is 1. The number of halogens is 1. The summed E-state index contributed by atoms with van der Waals surface area (Å²) in [6.07, 6.45) is 5.87. The zero-order valence-electron chi connectivity index (χ0n) is 9.32. The molecule has 2 atom stereocenters. The maximum atomic E-state index is 11.9. The van der Waals surface area contributed by atoms with Gasteiger partial charge >= 0.3 is 0 Å². The Morgan fingerprint density at radius 2 is 2.31 bits per heavy atom. The molecule has 1 aromatic rings. The molecule has 2 rings (SSSR count). The Bertz CT molecular complexity index is 377. The second kappa shape index (κ2) is 4.87. The molecule has 2 unspecified atom stereocenters. The lowest BCUT2D eigenvalue weighted by Crippen LogP contribution is -2.43. The first-order valence-electron chi connectivity index (χ1n) is 5.61. The number of hydrogen-bond acceptors (Lipinski definition) is 2. The molecule has 4 nitrogen and oxygen atoms in total. The maximum absolute atomic E-state index is 11.9. The van der Waals surface area contributed by atoms with Gasteiger partial charge in [-0.05, 0) is 18.9 Å². The van der Waals surface area contributed by atoms with Gasteiger partial charge in [0.2, 0.25) is 0 Å². The maximum Gasteiger partial charge on any atom is 0.269 e. The van der Waals surface area contributed by atoms with Crippen LogP contribution in [0.1, 0.15) is 36.2 Å². The highest BCUT2D eigenvalue weighted by atomic mass is 35.5. The number of alkyl halides is 1. The number of nitrogens with zero attached hydrogens (tertiary/aromatic N) is 2. The Morgan fingerprint density at radius 1 is 1.56 bits per heavy atom. The van der Waals surface area contributed by atoms with Crippen LogP contribution in [0.25, 0.3) is 0 Å². The molecule has 0 saturated heterocycles. The first kappa shape index (κ1) is 11.5. The molecule has 5 heteroatoms. The molecule has 1 N–H and O–H groups in total. The predicted octanol–water partition coefficient (Wildman–Crippen LogP) is 1.70. The number of rotatable bonds is 2. The standard InChI is InChI=1S/C11H16ClN3O/c1-15-10(6-7-13-15)11(16)14-9-5-3-2-4-8(9)12/h6-9H,2-5H2,1H3,(H,14,16). The molecule has 88 valence electrons. The van der Waals surface area contributed by atoms with Crippen LogP contribution in [0.4, 0.5) is 0 Å². The van der Waals surface area contributed by atoms with E-state index in [4.69, 9.17) is 11.6 Å². The van der Waals surface area contributed by atoms with Gasteiger partial charge in [0.15, 0.2) is 0 Å². The van der Waals surface area contributed by atoms with E-state index in [1.165, 1.54) is 0 Å². The summed E-state index contributed by atoms with van der Waals surface area (Å²) in [6.45, 7) is 0. The van der Waals surface area contributed by atoms with E-state index in [2.05, 4.69) is 10.4 Å². The first-order valence-corrected chi connectivity index (χ1v) is 6.05. The molecule has 1 saturated carbocycles. The third-order valence-corrected chi connectivity index (χ3v) is 3.57. The minimum absolute atomic E-state index is 0.0610. The van der Waals surface area contributed by atoms with Crippen LogP contribution < -0.4 is 5.32 Å². The van der Waals surface area contributed by atoms with E-state index in [0.29, 0.717) is 5.69 Å². The van der Waals surface area contributed by atoms with Crippen LogP contribution in [-0.2, 0) is 7.05 Å². The zero-order valence-corrected chi connectivity index (χ0v) is 10.1. The minimum Gasteiger partial charge on any atom is -0.346 e. The smallest absolute Gasteiger partial charge is 0.269 e. The molecule has 0 aromatic carbocycles. The van der Waals surface area contributed by atoms with E-state index in [1.54, 1.807) is 24.0 Å². The molecular formula is C11H16ClN3O. The molecule has 0 spiro atoms. The van der Waals surface area contributed by atoms with Gasteiger partial charge in [0, 0.05) is 19.3 Å². The van der Waals surface area contributed by atoms with Gasteiger partial charge in [0.05, 0.1) is 5.38 Å². The van der Waals surface area contributed by atoms with Gasteiger partial charge in [0.25, 0.3) is 5.91 Å². The first-order chi connectivity index (χ1) is 7.68. The number of carbonyl (C=O) groups excluding carboxylic acids is 1. The summed E-state index contributed by atoms with van der Waals surface area (Å²) in [5, 5.41) is 7.01. The summed E-state index contributed by atoms with van der Waals surface area (Å²) in [5.74, 6) is -0.0856. The second-order valence-corrected chi connectivity index (χ2v) is 4.78. The third kappa shape index (κ3) is 2.38. The van der Waals surface area contributed by atoms with Gasteiger partial charge in [-0.1, -0.05) is 12.8 Å². The second-order valence-electron chi connectivity index (χ2n) is 4.22. The predicted molar refractivity (Wildman–Crippen MR) is 62.6 cm³/mol. The van der Waals surface area contributed by atoms with Gasteiger partial charge in [-0.15, -0.1) is 11.6 Å². The highest BCUT2D eigenvalue weighted by Crippen LogP contribution is 2.23. The number of nitrogens with one attached hydrogen (secondary N) is 1. The third-order valence-electron chi connectivity index (χ3n) is 3.05. The largest absolute Gasteiger partial charge is 0.346 e. The minimum atomic E-state index is -0.0856. The fraction of sp³-hybridized carbons (Fsp3) is 0.636. The lowest BCUT2D eigenvalue weighted by atomic mass is 9.95. The van der Waals surface area contributed by atoms with Crippen molar-refractivity contribution < 1.29 is 4.79 Å². The van der Waals surface area contributed by atoms with E-state index < -0.39 is 0 Å². The topological polar surface area (TPSA) is 46.9 Å². The molecule has 1 aliphatic rings. The van der Waals surface area contributed by atoms with Crippen LogP contribution in [0.3, 0.4) is 0 Å². The van der Waals surface area contributed by atoms with Crippen LogP contribution in [0.15, 0.2) is 12.3 Å². The van der Waals surface area contributed by atoms with Crippen molar-refractivity contribution in [1.29, 1.82) is 0 Å². The average Bonchev–Trinajstić information content (AvgIpc) is 2.68. The molecule has 0 radical (unpaired) electrons. The van der Waals surface area contributed by atoms with Gasteiger partial charge in [-0.2, -0.15) is 5.10 Å². The van der Waals surface area contributed by atoms with Crippen molar-refractivity contribution in [2.45, 2.75) is 37.1 Å². The molecule has 0 bridgehead atoms. The fourth-order valence-corrected chi connectivity index (χ4v) is 2.43. The van der Waals surface area contributed by atoms with Crippen LogP contribution in [0, 0.1) is 0 Å². The molecule has 1 aromatic heterocycles. The van der Waals surface area contributed by atoms with Crippen molar-refractivity contribution >= 4 is 17.5 Å². The monoisotopic (exact) mass is 241 g/mol. The van der Waals surface area contributed by atoms with Crippen LogP contribution in [-0.4, -0.2) is 27.1 Å². The van der Waals surface area contributed by atoms with Gasteiger partial charge < -0.3 is 5.32 Å². The van der Waals surface area contributed by atoms with Crippen molar-refractivity contribution in [2.24, 2.45) is 7.05 Å². The average molecular weight is 242 g/mol. The Balaban J connectivity index is 1.99. The lowest BCUT2D eigenvalue weighted by molar-refractivity contribution is 0.0919. The summed E-state index contributed by atoms with van der Waals surface area (Å²) < 4.78 is 1.57. The Labute approximate surface area is 100.0 Å². The summed E-state index contributed by atoms with van der Waals surface area (Å²) in [6, 6.07) is 1.80. The van der Waals surface area contributed by atoms with Crippen molar-refractivity contribution in [3.05, 3.63) is 18.0 Å². The van der Waals surface area contributed by atoms with E-state index in [-0.39, 0.29) is 17.3 Å². The Morgan fingerprint density at radius 3 is 2.94 bits per heavy atom. The van der Waals surface area contributed by atoms with E-state index in [1.807, 2.05) is 0 Å². The molecule has 1 heterocycles. The number of aromatic nitrogens is 2. The highest BCUT2D eigenvalue weighted by molar-refractivity contribution is 6.21. The number of aryl methyl sites for hydroxylation is 1. The Kier molecular flexibility index (Phi) is 3.49. The zero-order chi connectivity index (χ0) is 11.5. The number of amides is 1. The van der Waals surface area contributed by atoms with Gasteiger partial charge in [0.1, 0.15) is 5.69 Å². The summed E-state index contributed by atoms with van der Waals surface area (Å²) in [4.78, 5) is 11.9. The van der Waals surface area contributed by atoms with E-state index in [9.17, 15) is 4.79 Å². The van der Waals surface area contributed by atoms with Crippen molar-refractivity contribution in [3.63, 3.8) is 0 Å². The highest BCUT2D eigenvalue weighted by Gasteiger charge is 2.25. The molecular weight excluding hydrogens is 226 g/mol. The lowest BCUT2D eigenvalue weighted by Gasteiger charge is -2.27. The summed E-state index contributed by atoms with van der Waals surface area (Å²) >= 11 is 6.19. The quantitative estimate of drug-likeness (QED) is 0.802. The number of hydrogen-bond donors (Lipinski definition) is 1. The molecule has 0 aliphatic heterocycles. The molecule has 1 amide bonds. The van der Waals surface area contributed by atoms with Crippen LogP contribution in [0.2, 0.25) is 0 Å². The van der Waals surface area contributed by atoms with Crippen molar-refractivity contribution in [2.75, 3.05) is 0 Å². The van der Waals surface area contributed by atoms with Crippen molar-refractivity contribution in [1.82, 2.24) is 15.1 Å². The fourth-order valence-electron chi connectivity index (χ4n) is 2.09. The molecule has 1 fully saturated rings. The van der Waals surface area contributed by atoms with Crippen LogP contribution >= 0.6 is 11.6 Å². The van der Waals surface area contributed by atoms with Gasteiger partial charge in [-0.3, -0.25) is 9.48 Å². The van der Waals surface area contributed by atoms with Gasteiger partial charge in [-0.25, -0.2) is 0 Å². The summed E-state index contributed by atoms with van der Waals surface area (Å²) in [7, 11) is 1.76. The van der Waals surface area contributed by atoms with E-state index in [0.717, 1.165) is 25.7 Å². The van der Waals surface area contributed by atoms with E-state index >= 15 is 0 Å². The summed E-state index contributed by atoms with van der Waals surface area (Å²) in [5.41, 5.74) is 0.578. The molecule has 16 heavy (non-hydrogen) atoms. The van der Waals surface area contributed by atoms with Crippen molar-refractivity contribution in [3.8, 4) is 0 Å². The Hall–Kier alpha value is -1.03. The van der Waals surface area contributed by atoms with Crippen LogP contribution in [0.5, 0.6) is 0 Å².